The summed E-state index contributed by atoms with van der Waals surface area (Å²) in [7, 11) is -3.05. The van der Waals surface area contributed by atoms with Crippen molar-refractivity contribution in [1.82, 2.24) is 10.3 Å². The van der Waals surface area contributed by atoms with Gasteiger partial charge in [-0.2, -0.15) is 0 Å². The van der Waals surface area contributed by atoms with E-state index in [1.54, 1.807) is 6.07 Å². The van der Waals surface area contributed by atoms with Crippen LogP contribution in [0.25, 0.3) is 11.3 Å². The SMILES string of the molecule is CS(=O)(=O)CCCNC(=O)c1ccc(-c2ccccc2)[nH]c1=O. The first kappa shape index (κ1) is 17.0. The van der Waals surface area contributed by atoms with E-state index < -0.39 is 21.3 Å². The molecule has 1 aromatic heterocycles. The first-order valence-corrected chi connectivity index (χ1v) is 9.17. The highest BCUT2D eigenvalue weighted by Crippen LogP contribution is 2.14. The number of amides is 1. The van der Waals surface area contributed by atoms with E-state index in [0.29, 0.717) is 12.1 Å². The molecule has 0 unspecified atom stereocenters. The second-order valence-electron chi connectivity index (χ2n) is 5.22. The quantitative estimate of drug-likeness (QED) is 0.776. The molecule has 0 bridgehead atoms. The maximum Gasteiger partial charge on any atom is 0.261 e. The zero-order chi connectivity index (χ0) is 16.9. The molecule has 0 atom stereocenters. The molecule has 2 aromatic rings. The van der Waals surface area contributed by atoms with Crippen molar-refractivity contribution in [3.05, 3.63) is 58.4 Å². The van der Waals surface area contributed by atoms with Gasteiger partial charge in [0.1, 0.15) is 15.4 Å². The van der Waals surface area contributed by atoms with Crippen molar-refractivity contribution in [2.24, 2.45) is 0 Å². The van der Waals surface area contributed by atoms with Gasteiger partial charge in [0.15, 0.2) is 0 Å². The Kier molecular flexibility index (Phi) is 5.33. The third-order valence-electron chi connectivity index (χ3n) is 3.22. The number of carbonyl (C=O) groups is 1. The van der Waals surface area contributed by atoms with Crippen molar-refractivity contribution in [1.29, 1.82) is 0 Å². The first-order chi connectivity index (χ1) is 10.9. The number of benzene rings is 1. The number of hydrogen-bond donors (Lipinski definition) is 2. The average molecular weight is 334 g/mol. The Morgan fingerprint density at radius 2 is 1.83 bits per heavy atom. The number of sulfone groups is 1. The molecule has 122 valence electrons. The predicted octanol–water partition coefficient (Wildman–Crippen LogP) is 1.21. The number of pyridine rings is 1. The minimum atomic E-state index is -3.05. The van der Waals surface area contributed by atoms with Crippen LogP contribution in [0.1, 0.15) is 16.8 Å². The number of aromatic amines is 1. The lowest BCUT2D eigenvalue weighted by Gasteiger charge is -2.06. The van der Waals surface area contributed by atoms with Gasteiger partial charge >= 0.3 is 0 Å². The topological polar surface area (TPSA) is 96.1 Å². The summed E-state index contributed by atoms with van der Waals surface area (Å²) in [4.78, 5) is 26.7. The summed E-state index contributed by atoms with van der Waals surface area (Å²) in [6.45, 7) is 0.200. The number of aromatic nitrogens is 1. The number of rotatable bonds is 6. The summed E-state index contributed by atoms with van der Waals surface area (Å²) in [6, 6.07) is 12.4. The van der Waals surface area contributed by atoms with Crippen molar-refractivity contribution >= 4 is 15.7 Å². The molecule has 0 aliphatic rings. The molecule has 1 amide bonds. The van der Waals surface area contributed by atoms with Crippen molar-refractivity contribution in [3.63, 3.8) is 0 Å². The van der Waals surface area contributed by atoms with Crippen LogP contribution in [0.3, 0.4) is 0 Å². The lowest BCUT2D eigenvalue weighted by molar-refractivity contribution is 0.0952. The fraction of sp³-hybridized carbons (Fsp3) is 0.250. The van der Waals surface area contributed by atoms with Gasteiger partial charge in [-0.25, -0.2) is 8.42 Å². The Morgan fingerprint density at radius 3 is 2.43 bits per heavy atom. The molecule has 0 aliphatic carbocycles. The molecule has 1 aromatic carbocycles. The van der Waals surface area contributed by atoms with Crippen molar-refractivity contribution in [2.45, 2.75) is 6.42 Å². The normalized spacial score (nSPS) is 11.2. The van der Waals surface area contributed by atoms with Crippen LogP contribution >= 0.6 is 0 Å². The van der Waals surface area contributed by atoms with Crippen LogP contribution in [-0.2, 0) is 9.84 Å². The molecular weight excluding hydrogens is 316 g/mol. The summed E-state index contributed by atoms with van der Waals surface area (Å²) in [5.74, 6) is -0.518. The van der Waals surface area contributed by atoms with E-state index in [1.807, 2.05) is 30.3 Å². The van der Waals surface area contributed by atoms with E-state index >= 15 is 0 Å². The van der Waals surface area contributed by atoms with Gasteiger partial charge in [0.05, 0.1) is 5.75 Å². The van der Waals surface area contributed by atoms with Gasteiger partial charge < -0.3 is 10.3 Å². The summed E-state index contributed by atoms with van der Waals surface area (Å²) in [5.41, 5.74) is 1.00. The molecule has 7 heteroatoms. The molecule has 6 nitrogen and oxygen atoms in total. The van der Waals surface area contributed by atoms with Crippen LogP contribution in [0.4, 0.5) is 0 Å². The van der Waals surface area contributed by atoms with Crippen molar-refractivity contribution in [3.8, 4) is 11.3 Å². The molecule has 2 N–H and O–H groups in total. The van der Waals surface area contributed by atoms with Gasteiger partial charge in [-0.1, -0.05) is 30.3 Å². The minimum Gasteiger partial charge on any atom is -0.352 e. The van der Waals surface area contributed by atoms with E-state index in [2.05, 4.69) is 10.3 Å². The van der Waals surface area contributed by atoms with Crippen LogP contribution < -0.4 is 10.9 Å². The molecule has 0 aliphatic heterocycles. The highest BCUT2D eigenvalue weighted by atomic mass is 32.2. The third kappa shape index (κ3) is 5.07. The lowest BCUT2D eigenvalue weighted by Crippen LogP contribution is -2.31. The van der Waals surface area contributed by atoms with E-state index in [0.717, 1.165) is 11.8 Å². The monoisotopic (exact) mass is 334 g/mol. The van der Waals surface area contributed by atoms with Gasteiger partial charge in [0, 0.05) is 18.5 Å². The molecule has 0 fully saturated rings. The molecule has 0 saturated carbocycles. The van der Waals surface area contributed by atoms with Gasteiger partial charge in [-0.15, -0.1) is 0 Å². The molecule has 2 rings (SSSR count). The van der Waals surface area contributed by atoms with Gasteiger partial charge in [-0.05, 0) is 24.1 Å². The van der Waals surface area contributed by atoms with Crippen LogP contribution in [-0.4, -0.2) is 37.9 Å². The van der Waals surface area contributed by atoms with Gasteiger partial charge in [0.2, 0.25) is 0 Å². The molecule has 23 heavy (non-hydrogen) atoms. The Bertz CT molecular complexity index is 842. The summed E-state index contributed by atoms with van der Waals surface area (Å²) < 4.78 is 22.0. The van der Waals surface area contributed by atoms with Crippen LogP contribution in [0, 0.1) is 0 Å². The molecule has 0 spiro atoms. The van der Waals surface area contributed by atoms with Crippen LogP contribution in [0.15, 0.2) is 47.3 Å². The second kappa shape index (κ2) is 7.23. The van der Waals surface area contributed by atoms with E-state index in [4.69, 9.17) is 0 Å². The van der Waals surface area contributed by atoms with Gasteiger partial charge in [0.25, 0.3) is 11.5 Å². The van der Waals surface area contributed by atoms with Crippen molar-refractivity contribution in [2.75, 3.05) is 18.6 Å². The largest absolute Gasteiger partial charge is 0.352 e. The van der Waals surface area contributed by atoms with Crippen LogP contribution in [0.5, 0.6) is 0 Å². The first-order valence-electron chi connectivity index (χ1n) is 7.11. The van der Waals surface area contributed by atoms with E-state index in [9.17, 15) is 18.0 Å². The zero-order valence-electron chi connectivity index (χ0n) is 12.7. The third-order valence-corrected chi connectivity index (χ3v) is 4.25. The summed E-state index contributed by atoms with van der Waals surface area (Å²) in [6.07, 6.45) is 1.45. The Balaban J connectivity index is 2.03. The summed E-state index contributed by atoms with van der Waals surface area (Å²) >= 11 is 0. The molecule has 0 radical (unpaired) electrons. The van der Waals surface area contributed by atoms with E-state index in [-0.39, 0.29) is 17.9 Å². The summed E-state index contributed by atoms with van der Waals surface area (Å²) in [5, 5.41) is 2.55. The standard InChI is InChI=1S/C16H18N2O4S/c1-23(21,22)11-5-10-17-15(19)13-8-9-14(18-16(13)20)12-6-3-2-4-7-12/h2-4,6-9H,5,10-11H2,1H3,(H,17,19)(H,18,20). The van der Waals surface area contributed by atoms with Crippen molar-refractivity contribution < 1.29 is 13.2 Å². The number of nitrogens with one attached hydrogen (secondary N) is 2. The molecule has 0 saturated heterocycles. The number of H-pyrrole nitrogens is 1. The predicted molar refractivity (Wildman–Crippen MR) is 89.2 cm³/mol. The highest BCUT2D eigenvalue weighted by molar-refractivity contribution is 7.90. The zero-order valence-corrected chi connectivity index (χ0v) is 13.5. The molecular formula is C16H18N2O4S. The van der Waals surface area contributed by atoms with Gasteiger partial charge in [-0.3, -0.25) is 9.59 Å². The lowest BCUT2D eigenvalue weighted by atomic mass is 10.1. The maximum atomic E-state index is 12.0. The maximum absolute atomic E-state index is 12.0. The van der Waals surface area contributed by atoms with E-state index in [1.165, 1.54) is 6.07 Å². The van der Waals surface area contributed by atoms with Crippen LogP contribution in [0.2, 0.25) is 0 Å². The Hall–Kier alpha value is -2.41. The Morgan fingerprint density at radius 1 is 1.13 bits per heavy atom. The Labute approximate surface area is 134 Å². The molecule has 1 heterocycles. The average Bonchev–Trinajstić information content (AvgIpc) is 2.51. The number of hydrogen-bond acceptors (Lipinski definition) is 4. The number of carbonyl (C=O) groups excluding carboxylic acids is 1. The fourth-order valence-corrected chi connectivity index (χ4v) is 2.74. The highest BCUT2D eigenvalue weighted by Gasteiger charge is 2.11. The smallest absolute Gasteiger partial charge is 0.261 e. The second-order valence-corrected chi connectivity index (χ2v) is 7.48. The minimum absolute atomic E-state index is 0.00339. The fourth-order valence-electron chi connectivity index (χ4n) is 2.07.